The zero-order valence-electron chi connectivity index (χ0n) is 24.6. The van der Waals surface area contributed by atoms with Crippen LogP contribution in [0, 0.1) is 0 Å². The maximum absolute atomic E-state index is 14.2. The maximum atomic E-state index is 14.2. The quantitative estimate of drug-likeness (QED) is 0.202. The molecule has 3 aromatic carbocycles. The fourth-order valence-corrected chi connectivity index (χ4v) is 8.27. The first kappa shape index (κ1) is 33.2. The average Bonchev–Trinajstić information content (AvgIpc) is 3.49. The summed E-state index contributed by atoms with van der Waals surface area (Å²) in [7, 11) is -6.82. The molecule has 0 saturated carbocycles. The molecule has 46 heavy (non-hydrogen) atoms. The molecule has 0 spiro atoms. The van der Waals surface area contributed by atoms with Crippen molar-refractivity contribution in [3.8, 4) is 16.9 Å². The summed E-state index contributed by atoms with van der Waals surface area (Å²) in [5.41, 5.74) is 2.99. The number of carbonyl (C=O) groups is 1. The summed E-state index contributed by atoms with van der Waals surface area (Å²) >= 11 is 0. The third-order valence-electron chi connectivity index (χ3n) is 7.71. The van der Waals surface area contributed by atoms with Gasteiger partial charge in [-0.25, -0.2) is 16.8 Å². The lowest BCUT2D eigenvalue weighted by molar-refractivity contribution is -0.153. The molecule has 14 heteroatoms. The number of hydrogen-bond donors (Lipinski definition) is 1. The van der Waals surface area contributed by atoms with Crippen LogP contribution in [0.3, 0.4) is 0 Å². The summed E-state index contributed by atoms with van der Waals surface area (Å²) in [6, 6.07) is 17.2. The van der Waals surface area contributed by atoms with Gasteiger partial charge in [0.1, 0.15) is 11.5 Å². The van der Waals surface area contributed by atoms with Gasteiger partial charge in [0.15, 0.2) is 15.6 Å². The Bertz CT molecular complexity index is 1970. The van der Waals surface area contributed by atoms with E-state index in [1.54, 1.807) is 36.4 Å². The van der Waals surface area contributed by atoms with Gasteiger partial charge in [0.2, 0.25) is 15.8 Å². The van der Waals surface area contributed by atoms with E-state index in [1.165, 1.54) is 31.4 Å². The van der Waals surface area contributed by atoms with Crippen molar-refractivity contribution >= 4 is 25.8 Å². The number of carboxylic acid groups (broad SMARTS) is 1. The van der Waals surface area contributed by atoms with Crippen molar-refractivity contribution in [1.82, 2.24) is 4.31 Å². The molecular weight excluding hydrogens is 647 g/mol. The second-order valence-electron chi connectivity index (χ2n) is 10.8. The van der Waals surface area contributed by atoms with Gasteiger partial charge in [0.05, 0.1) is 23.4 Å². The highest BCUT2D eigenvalue weighted by Crippen LogP contribution is 2.37. The minimum Gasteiger partial charge on any atom is -0.496 e. The van der Waals surface area contributed by atoms with Crippen LogP contribution in [0.15, 0.2) is 87.0 Å². The van der Waals surface area contributed by atoms with Crippen LogP contribution in [0.4, 0.5) is 13.2 Å². The van der Waals surface area contributed by atoms with Gasteiger partial charge in [-0.3, -0.25) is 4.79 Å². The van der Waals surface area contributed by atoms with E-state index in [0.29, 0.717) is 40.8 Å². The van der Waals surface area contributed by atoms with E-state index in [4.69, 9.17) is 14.3 Å². The Balaban J connectivity index is 1.49. The molecule has 244 valence electrons. The van der Waals surface area contributed by atoms with Gasteiger partial charge in [0, 0.05) is 6.54 Å². The van der Waals surface area contributed by atoms with E-state index in [0.717, 1.165) is 34.8 Å². The second kappa shape index (κ2) is 12.9. The molecule has 0 unspecified atom stereocenters. The van der Waals surface area contributed by atoms with E-state index >= 15 is 0 Å². The fraction of sp³-hybridized carbons (Fsp3) is 0.281. The molecule has 1 heterocycles. The number of sulfone groups is 1. The number of halogens is 3. The van der Waals surface area contributed by atoms with Crippen molar-refractivity contribution in [2.24, 2.45) is 0 Å². The summed E-state index contributed by atoms with van der Waals surface area (Å²) in [5, 5.41) is 8.95. The van der Waals surface area contributed by atoms with Crippen LogP contribution in [-0.4, -0.2) is 45.1 Å². The van der Waals surface area contributed by atoms with Crippen LogP contribution < -0.4 is 4.74 Å². The highest BCUT2D eigenvalue weighted by Gasteiger charge is 2.36. The SMILES string of the molecule is COc1ccc(S(=O)(=O)N(Cc2ccc(-c3cccc(S(=O)(=O)CC(=O)O)c3)cc2)Cc2ccc(C(F)(F)F)o2)c2c1CCCC2. The smallest absolute Gasteiger partial charge is 0.449 e. The Morgan fingerprint density at radius 1 is 0.891 bits per heavy atom. The van der Waals surface area contributed by atoms with Crippen molar-refractivity contribution in [1.29, 1.82) is 0 Å². The van der Waals surface area contributed by atoms with Gasteiger partial charge >= 0.3 is 12.1 Å². The number of benzene rings is 3. The molecule has 0 bridgehead atoms. The summed E-state index contributed by atoms with van der Waals surface area (Å²) < 4.78 is 105. The average molecular weight is 678 g/mol. The van der Waals surface area contributed by atoms with Gasteiger partial charge < -0.3 is 14.3 Å². The Morgan fingerprint density at radius 2 is 1.59 bits per heavy atom. The predicted molar refractivity (Wildman–Crippen MR) is 161 cm³/mol. The first-order valence-corrected chi connectivity index (χ1v) is 17.3. The van der Waals surface area contributed by atoms with Crippen molar-refractivity contribution in [2.45, 2.75) is 54.7 Å². The van der Waals surface area contributed by atoms with Gasteiger partial charge in [0.25, 0.3) is 0 Å². The Kier molecular flexibility index (Phi) is 9.34. The standard InChI is InChI=1S/C32H30F3NO8S2/c1-43-28-14-15-29(27-8-3-2-7-26(27)28)46(41,42)36(19-24-13-16-30(44-24)32(33,34)35)18-21-9-11-22(12-10-21)23-5-4-6-25(17-23)45(39,40)20-31(37)38/h4-6,9-17H,2-3,7-8,18-20H2,1H3,(H,37,38). The molecule has 1 aliphatic carbocycles. The van der Waals surface area contributed by atoms with Crippen LogP contribution in [0.25, 0.3) is 11.1 Å². The summed E-state index contributed by atoms with van der Waals surface area (Å²) in [6.45, 7) is -0.678. The van der Waals surface area contributed by atoms with E-state index in [9.17, 15) is 34.8 Å². The lowest BCUT2D eigenvalue weighted by Gasteiger charge is -2.26. The zero-order valence-corrected chi connectivity index (χ0v) is 26.2. The Morgan fingerprint density at radius 3 is 2.22 bits per heavy atom. The Hall–Kier alpha value is -4.14. The molecule has 1 aromatic heterocycles. The van der Waals surface area contributed by atoms with Crippen LogP contribution in [0.2, 0.25) is 0 Å². The van der Waals surface area contributed by atoms with E-state index < -0.39 is 50.1 Å². The molecule has 0 fully saturated rings. The summed E-state index contributed by atoms with van der Waals surface area (Å²) in [5.74, 6) is -3.38. The number of ether oxygens (including phenoxy) is 1. The number of sulfonamides is 1. The second-order valence-corrected chi connectivity index (χ2v) is 14.7. The molecule has 0 atom stereocenters. The topological polar surface area (TPSA) is 131 Å². The van der Waals surface area contributed by atoms with Crippen LogP contribution in [0.5, 0.6) is 5.75 Å². The summed E-state index contributed by atoms with van der Waals surface area (Å²) in [4.78, 5) is 10.9. The molecule has 0 aliphatic heterocycles. The van der Waals surface area contributed by atoms with Gasteiger partial charge in [-0.05, 0) is 89.9 Å². The van der Waals surface area contributed by atoms with E-state index in [1.807, 2.05) is 0 Å². The van der Waals surface area contributed by atoms with Crippen LogP contribution in [-0.2, 0) is 56.8 Å². The fourth-order valence-electron chi connectivity index (χ4n) is 5.51. The summed E-state index contributed by atoms with van der Waals surface area (Å²) in [6.07, 6.45) is -1.96. The first-order valence-electron chi connectivity index (χ1n) is 14.2. The molecule has 5 rings (SSSR count). The highest BCUT2D eigenvalue weighted by atomic mass is 32.2. The third kappa shape index (κ3) is 7.13. The number of furan rings is 1. The number of methoxy groups -OCH3 is 1. The van der Waals surface area contributed by atoms with Gasteiger partial charge in [-0.2, -0.15) is 17.5 Å². The molecule has 1 N–H and O–H groups in total. The number of nitrogens with zero attached hydrogens (tertiary/aromatic N) is 1. The molecule has 4 aromatic rings. The number of fused-ring (bicyclic) bond motifs is 1. The highest BCUT2D eigenvalue weighted by molar-refractivity contribution is 7.92. The van der Waals surface area contributed by atoms with Crippen molar-refractivity contribution in [2.75, 3.05) is 12.9 Å². The van der Waals surface area contributed by atoms with Gasteiger partial charge in [-0.1, -0.05) is 36.4 Å². The van der Waals surface area contributed by atoms with Crippen molar-refractivity contribution in [3.63, 3.8) is 0 Å². The number of aliphatic carboxylic acids is 1. The molecule has 0 radical (unpaired) electrons. The largest absolute Gasteiger partial charge is 0.496 e. The van der Waals surface area contributed by atoms with E-state index in [-0.39, 0.29) is 22.1 Å². The van der Waals surface area contributed by atoms with Gasteiger partial charge in [-0.15, -0.1) is 0 Å². The monoisotopic (exact) mass is 677 g/mol. The van der Waals surface area contributed by atoms with Crippen LogP contribution >= 0.6 is 0 Å². The minimum absolute atomic E-state index is 0.0570. The van der Waals surface area contributed by atoms with Crippen LogP contribution in [0.1, 0.15) is 41.1 Å². The third-order valence-corrected chi connectivity index (χ3v) is 11.2. The minimum atomic E-state index is -4.74. The van der Waals surface area contributed by atoms with E-state index in [2.05, 4.69) is 0 Å². The lowest BCUT2D eigenvalue weighted by Crippen LogP contribution is -2.31. The lowest BCUT2D eigenvalue weighted by atomic mass is 9.91. The molecule has 9 nitrogen and oxygen atoms in total. The first-order chi connectivity index (χ1) is 21.7. The number of rotatable bonds is 11. The molecular formula is C32H30F3NO8S2. The molecule has 1 aliphatic rings. The number of alkyl halides is 3. The molecule has 0 amide bonds. The normalized spacial score (nSPS) is 13.8. The van der Waals surface area contributed by atoms with Crippen molar-refractivity contribution in [3.05, 3.63) is 101 Å². The number of hydrogen-bond acceptors (Lipinski definition) is 7. The Labute approximate surface area is 264 Å². The predicted octanol–water partition coefficient (Wildman–Crippen LogP) is 6.10. The maximum Gasteiger partial charge on any atom is 0.449 e. The zero-order chi connectivity index (χ0) is 33.3. The molecule has 0 saturated heterocycles. The number of carboxylic acids is 1. The van der Waals surface area contributed by atoms with Crippen molar-refractivity contribution < 1.29 is 49.1 Å².